The quantitative estimate of drug-likeness (QED) is 0.407. The first-order valence-electron chi connectivity index (χ1n) is 10.5. The maximum Gasteiger partial charge on any atom is 0.573 e. The maximum atomic E-state index is 12.4. The molecule has 0 aliphatic heterocycles. The van der Waals surface area contributed by atoms with E-state index in [1.165, 1.54) is 24.5 Å². The Labute approximate surface area is 197 Å². The second-order valence-electron chi connectivity index (χ2n) is 7.74. The van der Waals surface area contributed by atoms with Crippen LogP contribution in [0, 0.1) is 12.8 Å². The number of hydrogen-bond acceptors (Lipinski definition) is 6. The summed E-state index contributed by atoms with van der Waals surface area (Å²) >= 11 is 0. The van der Waals surface area contributed by atoms with Gasteiger partial charge in [0.2, 0.25) is 11.8 Å². The molecular formula is C23H20F3N5O4. The largest absolute Gasteiger partial charge is 0.573 e. The molecule has 1 heterocycles. The fraction of sp³-hybridized carbons (Fsp3) is 0.217. The van der Waals surface area contributed by atoms with Gasteiger partial charge in [-0.05, 0) is 55.7 Å². The number of hydrogen-bond donors (Lipinski definition) is 3. The van der Waals surface area contributed by atoms with Crippen molar-refractivity contribution < 1.29 is 32.2 Å². The summed E-state index contributed by atoms with van der Waals surface area (Å²) in [6.45, 7) is 1.76. The lowest BCUT2D eigenvalue weighted by Crippen LogP contribution is -2.20. The first kappa shape index (κ1) is 23.8. The molecule has 182 valence electrons. The molecule has 4 rings (SSSR count). The Hall–Kier alpha value is -4.35. The third-order valence-electron chi connectivity index (χ3n) is 4.81. The Morgan fingerprint density at radius 1 is 0.971 bits per heavy atom. The molecule has 0 radical (unpaired) electrons. The van der Waals surface area contributed by atoms with Crippen molar-refractivity contribution in [2.75, 3.05) is 16.0 Å². The van der Waals surface area contributed by atoms with Crippen molar-refractivity contribution in [3.05, 3.63) is 60.4 Å². The molecule has 1 fully saturated rings. The summed E-state index contributed by atoms with van der Waals surface area (Å²) in [7, 11) is 0. The molecular weight excluding hydrogens is 467 g/mol. The fourth-order valence-electron chi connectivity index (χ4n) is 3.06. The number of carbonyl (C=O) groups is 2. The van der Waals surface area contributed by atoms with E-state index in [4.69, 9.17) is 4.74 Å². The van der Waals surface area contributed by atoms with E-state index in [1.807, 2.05) is 0 Å². The number of nitrogens with zero attached hydrogens (tertiary/aromatic N) is 2. The van der Waals surface area contributed by atoms with Crippen molar-refractivity contribution in [2.24, 2.45) is 5.92 Å². The Morgan fingerprint density at radius 3 is 2.40 bits per heavy atom. The number of ether oxygens (including phenoxy) is 2. The van der Waals surface area contributed by atoms with Crippen LogP contribution in [0.25, 0.3) is 0 Å². The summed E-state index contributed by atoms with van der Waals surface area (Å²) in [5, 5.41) is 7.76. The number of anilines is 3. The smallest absolute Gasteiger partial charge is 0.439 e. The van der Waals surface area contributed by atoms with E-state index >= 15 is 0 Å². The number of benzene rings is 2. The summed E-state index contributed by atoms with van der Waals surface area (Å²) in [5.74, 6) is 0.529. The van der Waals surface area contributed by atoms with Crippen LogP contribution in [0.5, 0.6) is 17.4 Å². The zero-order chi connectivity index (χ0) is 25.0. The van der Waals surface area contributed by atoms with Crippen molar-refractivity contribution in [3.8, 4) is 17.4 Å². The highest BCUT2D eigenvalue weighted by atomic mass is 19.4. The summed E-state index contributed by atoms with van der Waals surface area (Å²) in [6.07, 6.45) is -1.81. The molecule has 9 nitrogen and oxygen atoms in total. The number of rotatable bonds is 7. The zero-order valence-electron chi connectivity index (χ0n) is 18.3. The number of nitrogens with one attached hydrogen (secondary N) is 3. The lowest BCUT2D eigenvalue weighted by atomic mass is 10.2. The number of aryl methyl sites for hydroxylation is 1. The van der Waals surface area contributed by atoms with Crippen molar-refractivity contribution >= 4 is 29.1 Å². The summed E-state index contributed by atoms with van der Waals surface area (Å²) in [6, 6.07) is 10.6. The van der Waals surface area contributed by atoms with Gasteiger partial charge in [-0.3, -0.25) is 4.79 Å². The van der Waals surface area contributed by atoms with Gasteiger partial charge in [0.05, 0.1) is 0 Å². The second-order valence-corrected chi connectivity index (χ2v) is 7.74. The van der Waals surface area contributed by atoms with Crippen LogP contribution >= 0.6 is 0 Å². The molecule has 0 atom stereocenters. The lowest BCUT2D eigenvalue weighted by Gasteiger charge is -2.13. The molecule has 1 aliphatic rings. The number of amides is 3. The van der Waals surface area contributed by atoms with E-state index in [0.29, 0.717) is 22.8 Å². The number of aromatic nitrogens is 2. The van der Waals surface area contributed by atoms with E-state index in [9.17, 15) is 22.8 Å². The molecule has 0 unspecified atom stereocenters. The SMILES string of the molecule is Cc1cc(NC(=O)Nc2cccc(OC(F)(F)F)c2)ccc1Oc1cc(NC(=O)C2CC2)ncn1. The summed E-state index contributed by atoms with van der Waals surface area (Å²) in [4.78, 5) is 32.2. The fourth-order valence-corrected chi connectivity index (χ4v) is 3.06. The predicted octanol–water partition coefficient (Wildman–Crippen LogP) is 5.47. The molecule has 1 aromatic heterocycles. The van der Waals surface area contributed by atoms with Crippen LogP contribution in [-0.4, -0.2) is 28.3 Å². The van der Waals surface area contributed by atoms with Crippen molar-refractivity contribution in [1.29, 1.82) is 0 Å². The van der Waals surface area contributed by atoms with Gasteiger partial charge in [-0.15, -0.1) is 13.2 Å². The van der Waals surface area contributed by atoms with E-state index in [1.54, 1.807) is 25.1 Å². The first-order chi connectivity index (χ1) is 16.6. The van der Waals surface area contributed by atoms with Gasteiger partial charge in [-0.25, -0.2) is 14.8 Å². The van der Waals surface area contributed by atoms with Crippen LogP contribution in [0.3, 0.4) is 0 Å². The van der Waals surface area contributed by atoms with E-state index < -0.39 is 18.1 Å². The minimum Gasteiger partial charge on any atom is -0.439 e. The maximum absolute atomic E-state index is 12.4. The molecule has 0 bridgehead atoms. The van der Waals surface area contributed by atoms with Gasteiger partial charge in [0.1, 0.15) is 23.6 Å². The normalized spacial score (nSPS) is 13.0. The molecule has 1 aliphatic carbocycles. The first-order valence-corrected chi connectivity index (χ1v) is 10.5. The van der Waals surface area contributed by atoms with E-state index in [0.717, 1.165) is 25.0 Å². The molecule has 0 spiro atoms. The Balaban J connectivity index is 1.36. The number of urea groups is 1. The number of halogens is 3. The van der Waals surface area contributed by atoms with Crippen LogP contribution in [0.1, 0.15) is 18.4 Å². The minimum absolute atomic E-state index is 0.0333. The van der Waals surface area contributed by atoms with Gasteiger partial charge >= 0.3 is 12.4 Å². The Kier molecular flexibility index (Phi) is 6.71. The van der Waals surface area contributed by atoms with Crippen molar-refractivity contribution in [1.82, 2.24) is 9.97 Å². The average Bonchev–Trinajstić information content (AvgIpc) is 3.60. The molecule has 3 N–H and O–H groups in total. The monoisotopic (exact) mass is 487 g/mol. The third kappa shape index (κ3) is 7.06. The molecule has 12 heteroatoms. The summed E-state index contributed by atoms with van der Waals surface area (Å²) in [5.41, 5.74) is 1.22. The highest BCUT2D eigenvalue weighted by Gasteiger charge is 2.31. The molecule has 3 amide bonds. The Bertz CT molecular complexity index is 1250. The molecule has 0 saturated heterocycles. The van der Waals surface area contributed by atoms with Crippen LogP contribution in [-0.2, 0) is 4.79 Å². The molecule has 35 heavy (non-hydrogen) atoms. The van der Waals surface area contributed by atoms with Gasteiger partial charge in [-0.2, -0.15) is 0 Å². The third-order valence-corrected chi connectivity index (χ3v) is 4.81. The molecule has 3 aromatic rings. The average molecular weight is 487 g/mol. The zero-order valence-corrected chi connectivity index (χ0v) is 18.3. The van der Waals surface area contributed by atoms with E-state index in [-0.39, 0.29) is 23.4 Å². The van der Waals surface area contributed by atoms with Gasteiger partial charge in [0, 0.05) is 29.4 Å². The van der Waals surface area contributed by atoms with Gasteiger partial charge < -0.3 is 25.4 Å². The predicted molar refractivity (Wildman–Crippen MR) is 120 cm³/mol. The minimum atomic E-state index is -4.83. The van der Waals surface area contributed by atoms with Gasteiger partial charge in [0.15, 0.2) is 0 Å². The Morgan fingerprint density at radius 2 is 1.71 bits per heavy atom. The van der Waals surface area contributed by atoms with Crippen LogP contribution in [0.4, 0.5) is 35.2 Å². The molecule has 1 saturated carbocycles. The van der Waals surface area contributed by atoms with Crippen molar-refractivity contribution in [3.63, 3.8) is 0 Å². The second kappa shape index (κ2) is 9.87. The topological polar surface area (TPSA) is 114 Å². The van der Waals surface area contributed by atoms with Crippen LogP contribution in [0.2, 0.25) is 0 Å². The van der Waals surface area contributed by atoms with Crippen LogP contribution in [0.15, 0.2) is 54.9 Å². The van der Waals surface area contributed by atoms with Crippen molar-refractivity contribution in [2.45, 2.75) is 26.1 Å². The standard InChI is InChI=1S/C23H20F3N5O4/c1-13-9-16(30-22(33)29-15-3-2-4-17(10-15)35-23(24,25)26)7-8-18(13)34-20-11-19(27-12-28-20)31-21(32)14-5-6-14/h2-4,7-12,14H,5-6H2,1H3,(H2,29,30,33)(H,27,28,31,32). The van der Waals surface area contributed by atoms with Gasteiger partial charge in [0.25, 0.3) is 0 Å². The highest BCUT2D eigenvalue weighted by Crippen LogP contribution is 2.31. The highest BCUT2D eigenvalue weighted by molar-refractivity contribution is 6.00. The number of carbonyl (C=O) groups excluding carboxylic acids is 2. The van der Waals surface area contributed by atoms with Crippen LogP contribution < -0.4 is 25.4 Å². The van der Waals surface area contributed by atoms with Gasteiger partial charge in [-0.1, -0.05) is 6.07 Å². The summed E-state index contributed by atoms with van der Waals surface area (Å²) < 4.78 is 46.8. The van der Waals surface area contributed by atoms with E-state index in [2.05, 4.69) is 30.7 Å². The lowest BCUT2D eigenvalue weighted by molar-refractivity contribution is -0.274. The number of alkyl halides is 3. The molecule has 2 aromatic carbocycles.